The predicted octanol–water partition coefficient (Wildman–Crippen LogP) is 2.99. The Morgan fingerprint density at radius 1 is 1.00 bits per heavy atom. The topological polar surface area (TPSA) is 80.4 Å². The van der Waals surface area contributed by atoms with E-state index in [4.69, 9.17) is 0 Å². The molecule has 2 aromatic heterocycles. The predicted molar refractivity (Wildman–Crippen MR) is 118 cm³/mol. The third-order valence-corrected chi connectivity index (χ3v) is 7.84. The Kier molecular flexibility index (Phi) is 6.06. The van der Waals surface area contributed by atoms with Crippen molar-refractivity contribution in [1.82, 2.24) is 23.6 Å². The number of aryl methyl sites for hydroxylation is 3. The number of nitrogens with zero attached hydrogens (tertiary/aromatic N) is 5. The fourth-order valence-corrected chi connectivity index (χ4v) is 5.60. The number of rotatable bonds is 4. The largest absolute Gasteiger partial charge is 0.416 e. The lowest BCUT2D eigenvalue weighted by atomic mass is 10.2. The third-order valence-electron chi connectivity index (χ3n) is 5.95. The summed E-state index contributed by atoms with van der Waals surface area (Å²) in [5.41, 5.74) is 1.24. The molecule has 0 unspecified atom stereocenters. The summed E-state index contributed by atoms with van der Waals surface area (Å²) in [7, 11) is -2.39. The van der Waals surface area contributed by atoms with Crippen LogP contribution in [0.15, 0.2) is 47.5 Å². The molecule has 0 N–H and O–H groups in total. The molecule has 0 bridgehead atoms. The normalized spacial score (nSPS) is 15.6. The van der Waals surface area contributed by atoms with Crippen LogP contribution in [0.4, 0.5) is 13.2 Å². The van der Waals surface area contributed by atoms with Crippen molar-refractivity contribution in [3.8, 4) is 5.82 Å². The number of halogens is 3. The van der Waals surface area contributed by atoms with Crippen LogP contribution in [0.5, 0.6) is 0 Å². The van der Waals surface area contributed by atoms with Gasteiger partial charge in [0.05, 0.1) is 16.7 Å². The number of benzene rings is 1. The summed E-state index contributed by atoms with van der Waals surface area (Å²) < 4.78 is 69.6. The summed E-state index contributed by atoms with van der Waals surface area (Å²) in [6.07, 6.45) is -3.16. The summed E-state index contributed by atoms with van der Waals surface area (Å²) in [4.78, 5) is 14.4. The molecular formula is C22H24F3N5O3S. The van der Waals surface area contributed by atoms with Gasteiger partial charge in [-0.2, -0.15) is 22.6 Å². The molecule has 0 spiro atoms. The van der Waals surface area contributed by atoms with E-state index in [1.807, 2.05) is 30.5 Å². The highest BCUT2D eigenvalue weighted by molar-refractivity contribution is 7.89. The zero-order valence-electron chi connectivity index (χ0n) is 18.9. The van der Waals surface area contributed by atoms with E-state index in [1.54, 1.807) is 11.7 Å². The molecule has 1 saturated heterocycles. The average Bonchev–Trinajstić information content (AvgIpc) is 3.33. The van der Waals surface area contributed by atoms with Crippen molar-refractivity contribution in [3.63, 3.8) is 0 Å². The highest BCUT2D eigenvalue weighted by atomic mass is 32.2. The smallest absolute Gasteiger partial charge is 0.336 e. The van der Waals surface area contributed by atoms with Crippen LogP contribution in [0.1, 0.15) is 27.3 Å². The molecule has 3 aromatic rings. The van der Waals surface area contributed by atoms with E-state index >= 15 is 0 Å². The van der Waals surface area contributed by atoms with Gasteiger partial charge in [0.1, 0.15) is 11.4 Å². The highest BCUT2D eigenvalue weighted by Crippen LogP contribution is 2.31. The van der Waals surface area contributed by atoms with E-state index in [9.17, 15) is 26.4 Å². The Balaban J connectivity index is 1.53. The van der Waals surface area contributed by atoms with E-state index < -0.39 is 26.7 Å². The number of aromatic nitrogens is 3. The van der Waals surface area contributed by atoms with Crippen molar-refractivity contribution in [1.29, 1.82) is 0 Å². The molecule has 34 heavy (non-hydrogen) atoms. The number of amides is 1. The van der Waals surface area contributed by atoms with Gasteiger partial charge in [-0.05, 0) is 44.2 Å². The van der Waals surface area contributed by atoms with Gasteiger partial charge in [0.25, 0.3) is 5.91 Å². The molecule has 3 heterocycles. The van der Waals surface area contributed by atoms with Crippen LogP contribution in [0, 0.1) is 13.8 Å². The van der Waals surface area contributed by atoms with Gasteiger partial charge < -0.3 is 9.47 Å². The maximum atomic E-state index is 13.3. The number of sulfonamides is 1. The highest BCUT2D eigenvalue weighted by Gasteiger charge is 2.35. The zero-order chi connectivity index (χ0) is 24.8. The molecule has 0 atom stereocenters. The number of carbonyl (C=O) groups is 1. The number of hydrogen-bond acceptors (Lipinski definition) is 4. The second-order valence-electron chi connectivity index (χ2n) is 8.18. The minimum absolute atomic E-state index is 0.0263. The molecule has 1 fully saturated rings. The molecule has 4 rings (SSSR count). The van der Waals surface area contributed by atoms with Gasteiger partial charge in [0.15, 0.2) is 0 Å². The van der Waals surface area contributed by atoms with E-state index in [2.05, 4.69) is 5.10 Å². The lowest BCUT2D eigenvalue weighted by Gasteiger charge is -2.34. The molecule has 0 aliphatic carbocycles. The van der Waals surface area contributed by atoms with E-state index in [-0.39, 0.29) is 32.1 Å². The molecule has 8 nitrogen and oxygen atoms in total. The van der Waals surface area contributed by atoms with E-state index in [1.165, 1.54) is 11.1 Å². The molecular weight excluding hydrogens is 471 g/mol. The van der Waals surface area contributed by atoms with Gasteiger partial charge in [-0.15, -0.1) is 0 Å². The zero-order valence-corrected chi connectivity index (χ0v) is 19.7. The van der Waals surface area contributed by atoms with Gasteiger partial charge in [0, 0.05) is 44.6 Å². The molecule has 1 aliphatic rings. The molecule has 12 heteroatoms. The quantitative estimate of drug-likeness (QED) is 0.558. The third kappa shape index (κ3) is 4.23. The number of carbonyl (C=O) groups excluding carboxylic acids is 1. The Labute approximate surface area is 195 Å². The lowest BCUT2D eigenvalue weighted by Crippen LogP contribution is -2.50. The van der Waals surface area contributed by atoms with Crippen LogP contribution < -0.4 is 0 Å². The fourth-order valence-electron chi connectivity index (χ4n) is 4.13. The first kappa shape index (κ1) is 24.0. The van der Waals surface area contributed by atoms with Crippen LogP contribution in [-0.2, 0) is 23.2 Å². The summed E-state index contributed by atoms with van der Waals surface area (Å²) >= 11 is 0. The molecule has 1 aromatic carbocycles. The molecule has 1 aliphatic heterocycles. The van der Waals surface area contributed by atoms with Gasteiger partial charge in [-0.1, -0.05) is 6.07 Å². The molecule has 182 valence electrons. The van der Waals surface area contributed by atoms with Gasteiger partial charge in [-0.25, -0.2) is 8.42 Å². The van der Waals surface area contributed by atoms with Crippen LogP contribution in [0.25, 0.3) is 5.82 Å². The van der Waals surface area contributed by atoms with Crippen molar-refractivity contribution >= 4 is 15.9 Å². The first-order chi connectivity index (χ1) is 15.9. The Morgan fingerprint density at radius 2 is 1.62 bits per heavy atom. The van der Waals surface area contributed by atoms with Gasteiger partial charge in [0.2, 0.25) is 10.0 Å². The van der Waals surface area contributed by atoms with Crippen molar-refractivity contribution in [2.75, 3.05) is 26.2 Å². The minimum atomic E-state index is -4.64. The maximum absolute atomic E-state index is 13.3. The van der Waals surface area contributed by atoms with Crippen LogP contribution in [0.3, 0.4) is 0 Å². The van der Waals surface area contributed by atoms with Crippen molar-refractivity contribution < 1.29 is 26.4 Å². The van der Waals surface area contributed by atoms with Crippen LogP contribution in [0.2, 0.25) is 0 Å². The second-order valence-corrected chi connectivity index (χ2v) is 10.1. The molecule has 0 saturated carbocycles. The second kappa shape index (κ2) is 8.58. The fraction of sp³-hybridized carbons (Fsp3) is 0.364. The minimum Gasteiger partial charge on any atom is -0.336 e. The first-order valence-corrected chi connectivity index (χ1v) is 12.0. The number of hydrogen-bond donors (Lipinski definition) is 0. The molecule has 1 amide bonds. The number of piperazine rings is 1. The average molecular weight is 496 g/mol. The summed E-state index contributed by atoms with van der Waals surface area (Å²) in [5, 5.41) is 4.24. The van der Waals surface area contributed by atoms with Crippen LogP contribution >= 0.6 is 0 Å². The van der Waals surface area contributed by atoms with Gasteiger partial charge in [-0.3, -0.25) is 9.48 Å². The van der Waals surface area contributed by atoms with Crippen molar-refractivity contribution in [2.45, 2.75) is 24.9 Å². The van der Waals surface area contributed by atoms with Crippen molar-refractivity contribution in [3.05, 3.63) is 65.1 Å². The monoisotopic (exact) mass is 495 g/mol. The van der Waals surface area contributed by atoms with Crippen LogP contribution in [-0.4, -0.2) is 64.1 Å². The summed E-state index contributed by atoms with van der Waals surface area (Å²) in [5.74, 6) is 0.329. The van der Waals surface area contributed by atoms with E-state index in [0.29, 0.717) is 17.4 Å². The summed E-state index contributed by atoms with van der Waals surface area (Å²) in [6, 6.07) is 7.56. The summed E-state index contributed by atoms with van der Waals surface area (Å²) in [6.45, 7) is 4.00. The maximum Gasteiger partial charge on any atom is 0.416 e. The number of alkyl halides is 3. The Morgan fingerprint density at radius 3 is 2.21 bits per heavy atom. The SMILES string of the molecule is Cc1ccc(C)n1-c1c(C(=O)N2CCN(S(=O)(=O)c3cccc(C(F)(F)F)c3)CC2)cnn1C. The Bertz CT molecular complexity index is 1320. The van der Waals surface area contributed by atoms with E-state index in [0.717, 1.165) is 33.9 Å². The Hall–Kier alpha value is -3.12. The van der Waals surface area contributed by atoms with Gasteiger partial charge >= 0.3 is 6.18 Å². The lowest BCUT2D eigenvalue weighted by molar-refractivity contribution is -0.137. The standard InChI is InChI=1S/C22H24F3N5O3S/c1-15-7-8-16(2)30(15)20-19(14-26-27(20)3)21(31)28-9-11-29(12-10-28)34(32,33)18-6-4-5-17(13-18)22(23,24)25/h4-8,13-14H,9-12H2,1-3H3. The van der Waals surface area contributed by atoms with Crippen molar-refractivity contribution in [2.24, 2.45) is 7.05 Å². The molecule has 0 radical (unpaired) electrons. The first-order valence-electron chi connectivity index (χ1n) is 10.6.